The van der Waals surface area contributed by atoms with Gasteiger partial charge in [-0.25, -0.2) is 14.6 Å². The molecule has 0 atom stereocenters. The van der Waals surface area contributed by atoms with E-state index >= 15 is 0 Å². The van der Waals surface area contributed by atoms with Crippen molar-refractivity contribution in [2.75, 3.05) is 0 Å². The third kappa shape index (κ3) is 1.51. The van der Waals surface area contributed by atoms with Gasteiger partial charge in [-0.3, -0.25) is 0 Å². The van der Waals surface area contributed by atoms with Crippen LogP contribution in [0.4, 0.5) is 0 Å². The Labute approximate surface area is 82.6 Å². The summed E-state index contributed by atoms with van der Waals surface area (Å²) < 4.78 is 1.79. The molecule has 0 N–H and O–H groups in total. The summed E-state index contributed by atoms with van der Waals surface area (Å²) >= 11 is 0. The molecule has 0 aromatic carbocycles. The monoisotopic (exact) mass is 188 g/mol. The van der Waals surface area contributed by atoms with Crippen molar-refractivity contribution < 1.29 is 0 Å². The Bertz CT molecular complexity index is 406. The van der Waals surface area contributed by atoms with E-state index in [-0.39, 0.29) is 0 Å². The third-order valence-corrected chi connectivity index (χ3v) is 2.02. The van der Waals surface area contributed by atoms with Crippen LogP contribution in [0.2, 0.25) is 0 Å². The summed E-state index contributed by atoms with van der Waals surface area (Å²) in [6, 6.07) is 1.89. The van der Waals surface area contributed by atoms with Crippen LogP contribution in [-0.4, -0.2) is 19.7 Å². The molecule has 0 amide bonds. The first-order valence-corrected chi connectivity index (χ1v) is 4.59. The smallest absolute Gasteiger partial charge is 0.115 e. The van der Waals surface area contributed by atoms with Gasteiger partial charge in [-0.15, -0.1) is 0 Å². The van der Waals surface area contributed by atoms with Gasteiger partial charge in [0.25, 0.3) is 0 Å². The molecule has 0 spiro atoms. The molecular weight excluding hydrogens is 176 g/mol. The Balaban J connectivity index is 2.53. The molecule has 4 nitrogen and oxygen atoms in total. The predicted octanol–water partition coefficient (Wildman–Crippen LogP) is 1.79. The predicted molar refractivity (Wildman–Crippen MR) is 53.2 cm³/mol. The summed E-state index contributed by atoms with van der Waals surface area (Å²) in [5.41, 5.74) is 1.97. The van der Waals surface area contributed by atoms with Crippen LogP contribution in [0.15, 0.2) is 31.0 Å². The summed E-state index contributed by atoms with van der Waals surface area (Å²) in [7, 11) is 0. The zero-order valence-corrected chi connectivity index (χ0v) is 8.25. The fraction of sp³-hybridized carbons (Fsp3) is 0.300. The fourth-order valence-corrected chi connectivity index (χ4v) is 1.36. The maximum atomic E-state index is 4.26. The molecule has 0 fully saturated rings. The van der Waals surface area contributed by atoms with Gasteiger partial charge in [0.1, 0.15) is 12.0 Å². The van der Waals surface area contributed by atoms with Gasteiger partial charge in [0.15, 0.2) is 0 Å². The molecule has 0 bridgehead atoms. The summed E-state index contributed by atoms with van der Waals surface area (Å²) in [6.45, 7) is 4.21. The summed E-state index contributed by atoms with van der Waals surface area (Å²) in [4.78, 5) is 8.27. The topological polar surface area (TPSA) is 43.6 Å². The minimum absolute atomic E-state index is 0.372. The third-order valence-electron chi connectivity index (χ3n) is 2.02. The number of hydrogen-bond acceptors (Lipinski definition) is 3. The van der Waals surface area contributed by atoms with E-state index in [1.54, 1.807) is 23.4 Å². The molecular formula is C10H12N4. The molecule has 2 rings (SSSR count). The first-order chi connectivity index (χ1) is 6.79. The molecule has 14 heavy (non-hydrogen) atoms. The highest BCUT2D eigenvalue weighted by atomic mass is 15.3. The first kappa shape index (κ1) is 8.87. The van der Waals surface area contributed by atoms with E-state index in [1.165, 1.54) is 0 Å². The van der Waals surface area contributed by atoms with Gasteiger partial charge in [-0.05, 0) is 12.0 Å². The SMILES string of the molecule is CC(C)c1ncncc1-n1cccn1. The van der Waals surface area contributed by atoms with Crippen molar-refractivity contribution in [3.63, 3.8) is 0 Å². The molecule has 0 aliphatic carbocycles. The number of rotatable bonds is 2. The van der Waals surface area contributed by atoms with E-state index < -0.39 is 0 Å². The average Bonchev–Trinajstić information content (AvgIpc) is 2.70. The second-order valence-electron chi connectivity index (χ2n) is 3.40. The molecule has 0 saturated carbocycles. The summed E-state index contributed by atoms with van der Waals surface area (Å²) in [5.74, 6) is 0.372. The van der Waals surface area contributed by atoms with Crippen LogP contribution < -0.4 is 0 Å². The van der Waals surface area contributed by atoms with Crippen LogP contribution >= 0.6 is 0 Å². The van der Waals surface area contributed by atoms with Gasteiger partial charge in [0.2, 0.25) is 0 Å². The van der Waals surface area contributed by atoms with E-state index in [9.17, 15) is 0 Å². The maximum absolute atomic E-state index is 4.26. The normalized spacial score (nSPS) is 10.8. The Kier molecular flexibility index (Phi) is 2.26. The zero-order valence-electron chi connectivity index (χ0n) is 8.25. The van der Waals surface area contributed by atoms with E-state index in [4.69, 9.17) is 0 Å². The zero-order chi connectivity index (χ0) is 9.97. The van der Waals surface area contributed by atoms with Gasteiger partial charge in [-0.1, -0.05) is 13.8 Å². The fourth-order valence-electron chi connectivity index (χ4n) is 1.36. The number of nitrogens with zero attached hydrogens (tertiary/aromatic N) is 4. The Morgan fingerprint density at radius 3 is 2.86 bits per heavy atom. The van der Waals surface area contributed by atoms with E-state index in [2.05, 4.69) is 28.9 Å². The van der Waals surface area contributed by atoms with Crippen LogP contribution in [-0.2, 0) is 0 Å². The molecule has 0 saturated heterocycles. The van der Waals surface area contributed by atoms with Crippen molar-refractivity contribution in [1.29, 1.82) is 0 Å². The molecule has 4 heteroatoms. The van der Waals surface area contributed by atoms with E-state index in [0.717, 1.165) is 11.4 Å². The average molecular weight is 188 g/mol. The summed E-state index contributed by atoms with van der Waals surface area (Å²) in [6.07, 6.45) is 7.00. The first-order valence-electron chi connectivity index (χ1n) is 4.59. The lowest BCUT2D eigenvalue weighted by Gasteiger charge is -2.09. The summed E-state index contributed by atoms with van der Waals surface area (Å²) in [5, 5.41) is 4.17. The van der Waals surface area contributed by atoms with Crippen LogP contribution in [0.3, 0.4) is 0 Å². The van der Waals surface area contributed by atoms with Crippen molar-refractivity contribution in [1.82, 2.24) is 19.7 Å². The quantitative estimate of drug-likeness (QED) is 0.721. The van der Waals surface area contributed by atoms with E-state index in [0.29, 0.717) is 5.92 Å². The van der Waals surface area contributed by atoms with Crippen LogP contribution in [0.5, 0.6) is 0 Å². The second kappa shape index (κ2) is 3.57. The molecule has 72 valence electrons. The second-order valence-corrected chi connectivity index (χ2v) is 3.40. The van der Waals surface area contributed by atoms with Gasteiger partial charge >= 0.3 is 0 Å². The molecule has 2 aromatic heterocycles. The highest BCUT2D eigenvalue weighted by Gasteiger charge is 2.09. The van der Waals surface area contributed by atoms with Crippen molar-refractivity contribution in [2.24, 2.45) is 0 Å². The van der Waals surface area contributed by atoms with Crippen LogP contribution in [0.25, 0.3) is 5.69 Å². The molecule has 2 aromatic rings. The number of aromatic nitrogens is 4. The lowest BCUT2D eigenvalue weighted by Crippen LogP contribution is -2.04. The van der Waals surface area contributed by atoms with E-state index in [1.807, 2.05) is 12.3 Å². The Morgan fingerprint density at radius 2 is 2.21 bits per heavy atom. The van der Waals surface area contributed by atoms with Crippen LogP contribution in [0, 0.1) is 0 Å². The number of hydrogen-bond donors (Lipinski definition) is 0. The van der Waals surface area contributed by atoms with Gasteiger partial charge in [0, 0.05) is 12.4 Å². The van der Waals surface area contributed by atoms with Crippen LogP contribution in [0.1, 0.15) is 25.5 Å². The Morgan fingerprint density at radius 1 is 1.36 bits per heavy atom. The Hall–Kier alpha value is -1.71. The van der Waals surface area contributed by atoms with Crippen molar-refractivity contribution in [3.05, 3.63) is 36.7 Å². The van der Waals surface area contributed by atoms with Gasteiger partial charge < -0.3 is 0 Å². The van der Waals surface area contributed by atoms with Crippen molar-refractivity contribution in [2.45, 2.75) is 19.8 Å². The molecule has 0 aliphatic rings. The molecule has 2 heterocycles. The highest BCUT2D eigenvalue weighted by molar-refractivity contribution is 5.34. The standard InChI is InChI=1S/C10H12N4/c1-8(2)10-9(6-11-7-12-10)14-5-3-4-13-14/h3-8H,1-2H3. The lowest BCUT2D eigenvalue weighted by atomic mass is 10.1. The van der Waals surface area contributed by atoms with Gasteiger partial charge in [-0.2, -0.15) is 5.10 Å². The molecule has 0 aliphatic heterocycles. The van der Waals surface area contributed by atoms with Crippen molar-refractivity contribution in [3.8, 4) is 5.69 Å². The van der Waals surface area contributed by atoms with Crippen molar-refractivity contribution >= 4 is 0 Å². The minimum atomic E-state index is 0.372. The largest absolute Gasteiger partial charge is 0.243 e. The highest BCUT2D eigenvalue weighted by Crippen LogP contribution is 2.18. The maximum Gasteiger partial charge on any atom is 0.115 e. The lowest BCUT2D eigenvalue weighted by molar-refractivity contribution is 0.765. The van der Waals surface area contributed by atoms with Gasteiger partial charge in [0.05, 0.1) is 11.9 Å². The molecule has 0 unspecified atom stereocenters. The minimum Gasteiger partial charge on any atom is -0.243 e. The molecule has 0 radical (unpaired) electrons.